The molecule has 1 saturated carbocycles. The number of esters is 1. The van der Waals surface area contributed by atoms with Crippen molar-refractivity contribution >= 4 is 17.6 Å². The van der Waals surface area contributed by atoms with Crippen LogP contribution >= 0.6 is 0 Å². The standard InChI is InChI=1S/C15H20N2O3/c1-10-11(14(19)20-2)5-3-6-12(10)17-13(18)9-15(16)7-4-8-15/h3,5-6H,4,7-9,16H2,1-2H3,(H,17,18). The molecule has 0 spiro atoms. The van der Waals surface area contributed by atoms with E-state index in [1.54, 1.807) is 25.1 Å². The number of amides is 1. The minimum atomic E-state index is -0.409. The summed E-state index contributed by atoms with van der Waals surface area (Å²) in [6.07, 6.45) is 3.18. The van der Waals surface area contributed by atoms with Crippen LogP contribution in [-0.4, -0.2) is 24.5 Å². The summed E-state index contributed by atoms with van der Waals surface area (Å²) in [5.41, 5.74) is 7.49. The molecule has 1 amide bonds. The molecule has 1 aromatic rings. The van der Waals surface area contributed by atoms with Crippen LogP contribution in [-0.2, 0) is 9.53 Å². The summed E-state index contributed by atoms with van der Waals surface area (Å²) in [7, 11) is 1.34. The second-order valence-electron chi connectivity index (χ2n) is 5.41. The van der Waals surface area contributed by atoms with E-state index in [0.29, 0.717) is 23.2 Å². The maximum atomic E-state index is 12.0. The molecule has 5 nitrogen and oxygen atoms in total. The van der Waals surface area contributed by atoms with Gasteiger partial charge in [-0.05, 0) is 43.9 Å². The molecule has 108 valence electrons. The molecule has 0 radical (unpaired) electrons. The quantitative estimate of drug-likeness (QED) is 0.824. The normalized spacial score (nSPS) is 16.1. The Morgan fingerprint density at radius 2 is 2.10 bits per heavy atom. The molecule has 1 fully saturated rings. The van der Waals surface area contributed by atoms with Crippen LogP contribution in [0.3, 0.4) is 0 Å². The van der Waals surface area contributed by atoms with Crippen molar-refractivity contribution in [1.29, 1.82) is 0 Å². The van der Waals surface area contributed by atoms with Crippen molar-refractivity contribution in [3.8, 4) is 0 Å². The average molecular weight is 276 g/mol. The Labute approximate surface area is 118 Å². The van der Waals surface area contributed by atoms with Crippen LogP contribution in [0.2, 0.25) is 0 Å². The first kappa shape index (κ1) is 14.5. The highest BCUT2D eigenvalue weighted by atomic mass is 16.5. The third-order valence-electron chi connectivity index (χ3n) is 3.88. The highest BCUT2D eigenvalue weighted by Crippen LogP contribution is 2.32. The Balaban J connectivity index is 2.09. The van der Waals surface area contributed by atoms with Crippen molar-refractivity contribution in [2.24, 2.45) is 5.73 Å². The SMILES string of the molecule is COC(=O)c1cccc(NC(=O)CC2(N)CCC2)c1C. The van der Waals surface area contributed by atoms with Crippen LogP contribution in [0.15, 0.2) is 18.2 Å². The van der Waals surface area contributed by atoms with Crippen molar-refractivity contribution in [3.63, 3.8) is 0 Å². The molecule has 0 heterocycles. The predicted molar refractivity (Wildman–Crippen MR) is 76.5 cm³/mol. The van der Waals surface area contributed by atoms with Crippen molar-refractivity contribution in [3.05, 3.63) is 29.3 Å². The van der Waals surface area contributed by atoms with E-state index >= 15 is 0 Å². The van der Waals surface area contributed by atoms with Gasteiger partial charge in [-0.25, -0.2) is 4.79 Å². The van der Waals surface area contributed by atoms with Gasteiger partial charge >= 0.3 is 5.97 Å². The Kier molecular flexibility index (Phi) is 4.09. The molecule has 1 aliphatic rings. The number of hydrogen-bond donors (Lipinski definition) is 2. The Morgan fingerprint density at radius 3 is 2.65 bits per heavy atom. The number of nitrogens with two attached hydrogens (primary N) is 1. The van der Waals surface area contributed by atoms with Crippen molar-refractivity contribution in [2.75, 3.05) is 12.4 Å². The summed E-state index contributed by atoms with van der Waals surface area (Å²) >= 11 is 0. The summed E-state index contributed by atoms with van der Waals surface area (Å²) in [6.45, 7) is 1.78. The van der Waals surface area contributed by atoms with Gasteiger partial charge in [0.25, 0.3) is 0 Å². The second-order valence-corrected chi connectivity index (χ2v) is 5.41. The molecule has 0 aliphatic heterocycles. The molecule has 0 aromatic heterocycles. The third-order valence-corrected chi connectivity index (χ3v) is 3.88. The fourth-order valence-electron chi connectivity index (χ4n) is 2.42. The number of methoxy groups -OCH3 is 1. The lowest BCUT2D eigenvalue weighted by atomic mass is 9.75. The zero-order valence-electron chi connectivity index (χ0n) is 11.9. The summed E-state index contributed by atoms with van der Waals surface area (Å²) in [5, 5.41) is 2.83. The van der Waals surface area contributed by atoms with E-state index in [4.69, 9.17) is 10.5 Å². The van der Waals surface area contributed by atoms with Gasteiger partial charge in [0.1, 0.15) is 0 Å². The number of rotatable bonds is 4. The average Bonchev–Trinajstić information content (AvgIpc) is 2.38. The highest BCUT2D eigenvalue weighted by Gasteiger charge is 2.34. The van der Waals surface area contributed by atoms with Gasteiger partial charge in [0, 0.05) is 17.6 Å². The fourth-order valence-corrected chi connectivity index (χ4v) is 2.42. The first-order valence-electron chi connectivity index (χ1n) is 6.72. The number of carbonyl (C=O) groups is 2. The monoisotopic (exact) mass is 276 g/mol. The zero-order chi connectivity index (χ0) is 14.8. The Hall–Kier alpha value is -1.88. The largest absolute Gasteiger partial charge is 0.465 e. The predicted octanol–water partition coefficient (Wildman–Crippen LogP) is 1.99. The third kappa shape index (κ3) is 2.99. The van der Waals surface area contributed by atoms with Crippen LogP contribution < -0.4 is 11.1 Å². The maximum Gasteiger partial charge on any atom is 0.338 e. The molecule has 0 unspecified atom stereocenters. The van der Waals surface area contributed by atoms with Gasteiger partial charge in [-0.2, -0.15) is 0 Å². The van der Waals surface area contributed by atoms with Crippen LogP contribution in [0.25, 0.3) is 0 Å². The minimum absolute atomic E-state index is 0.114. The Bertz CT molecular complexity index is 536. The van der Waals surface area contributed by atoms with Crippen LogP contribution in [0.4, 0.5) is 5.69 Å². The molecule has 1 aromatic carbocycles. The van der Waals surface area contributed by atoms with E-state index in [-0.39, 0.29) is 11.4 Å². The van der Waals surface area contributed by atoms with E-state index < -0.39 is 5.97 Å². The molecule has 2 rings (SSSR count). The van der Waals surface area contributed by atoms with Crippen LogP contribution in [0.5, 0.6) is 0 Å². The lowest BCUT2D eigenvalue weighted by molar-refractivity contribution is -0.118. The van der Waals surface area contributed by atoms with Gasteiger partial charge in [0.05, 0.1) is 12.7 Å². The van der Waals surface area contributed by atoms with Crippen molar-refractivity contribution in [2.45, 2.75) is 38.1 Å². The lowest BCUT2D eigenvalue weighted by Crippen LogP contribution is -2.48. The summed E-state index contributed by atoms with van der Waals surface area (Å²) in [4.78, 5) is 23.6. The Morgan fingerprint density at radius 1 is 1.40 bits per heavy atom. The molecule has 0 bridgehead atoms. The molecule has 0 atom stereocenters. The van der Waals surface area contributed by atoms with Crippen LogP contribution in [0.1, 0.15) is 41.6 Å². The van der Waals surface area contributed by atoms with Gasteiger partial charge in [0.15, 0.2) is 0 Å². The number of carbonyl (C=O) groups excluding carboxylic acids is 2. The number of ether oxygens (including phenoxy) is 1. The smallest absolute Gasteiger partial charge is 0.338 e. The summed E-state index contributed by atoms with van der Waals surface area (Å²) in [6, 6.07) is 5.16. The van der Waals surface area contributed by atoms with Crippen molar-refractivity contribution < 1.29 is 14.3 Å². The van der Waals surface area contributed by atoms with E-state index in [2.05, 4.69) is 5.32 Å². The molecule has 5 heteroatoms. The van der Waals surface area contributed by atoms with E-state index in [0.717, 1.165) is 19.3 Å². The molecule has 20 heavy (non-hydrogen) atoms. The second kappa shape index (κ2) is 5.63. The molecule has 0 saturated heterocycles. The van der Waals surface area contributed by atoms with E-state index in [1.165, 1.54) is 7.11 Å². The minimum Gasteiger partial charge on any atom is -0.465 e. The first-order chi connectivity index (χ1) is 9.45. The van der Waals surface area contributed by atoms with Gasteiger partial charge in [-0.1, -0.05) is 6.07 Å². The summed E-state index contributed by atoms with van der Waals surface area (Å²) in [5.74, 6) is -0.523. The van der Waals surface area contributed by atoms with E-state index in [1.807, 2.05) is 0 Å². The van der Waals surface area contributed by atoms with Gasteiger partial charge in [-0.15, -0.1) is 0 Å². The molecule has 1 aliphatic carbocycles. The first-order valence-corrected chi connectivity index (χ1v) is 6.72. The van der Waals surface area contributed by atoms with Crippen LogP contribution in [0, 0.1) is 6.92 Å². The molecular weight excluding hydrogens is 256 g/mol. The fraction of sp³-hybridized carbons (Fsp3) is 0.467. The highest BCUT2D eigenvalue weighted by molar-refractivity contribution is 5.97. The van der Waals surface area contributed by atoms with Gasteiger partial charge in [0.2, 0.25) is 5.91 Å². The number of benzene rings is 1. The maximum absolute atomic E-state index is 12.0. The van der Waals surface area contributed by atoms with E-state index in [9.17, 15) is 9.59 Å². The number of hydrogen-bond acceptors (Lipinski definition) is 4. The summed E-state index contributed by atoms with van der Waals surface area (Å²) < 4.78 is 4.71. The zero-order valence-corrected chi connectivity index (χ0v) is 11.9. The number of anilines is 1. The number of nitrogens with one attached hydrogen (secondary N) is 1. The molecular formula is C15H20N2O3. The topological polar surface area (TPSA) is 81.4 Å². The molecule has 3 N–H and O–H groups in total. The van der Waals surface area contributed by atoms with Gasteiger partial charge < -0.3 is 15.8 Å². The lowest BCUT2D eigenvalue weighted by Gasteiger charge is -2.37. The van der Waals surface area contributed by atoms with Gasteiger partial charge in [-0.3, -0.25) is 4.79 Å². The van der Waals surface area contributed by atoms with Crippen molar-refractivity contribution in [1.82, 2.24) is 0 Å².